The van der Waals surface area contributed by atoms with Gasteiger partial charge in [-0.05, 0) is 43.2 Å². The van der Waals surface area contributed by atoms with E-state index < -0.39 is 0 Å². The fourth-order valence-corrected chi connectivity index (χ4v) is 3.32. The number of ether oxygens (including phenoxy) is 1. The van der Waals surface area contributed by atoms with Crippen molar-refractivity contribution >= 4 is 17.2 Å². The number of aryl methyl sites for hydroxylation is 1. The summed E-state index contributed by atoms with van der Waals surface area (Å²) in [6, 6.07) is 15.3. The number of aromatic nitrogens is 1. The molecule has 0 saturated heterocycles. The van der Waals surface area contributed by atoms with Gasteiger partial charge in [-0.3, -0.25) is 4.79 Å². The second-order valence-electron chi connectivity index (χ2n) is 6.25. The van der Waals surface area contributed by atoms with Gasteiger partial charge in [-0.1, -0.05) is 30.3 Å². The Hall–Kier alpha value is -2.66. The maximum atomic E-state index is 12.4. The van der Waals surface area contributed by atoms with Crippen molar-refractivity contribution in [3.63, 3.8) is 0 Å². The number of carbonyl (C=O) groups excluding carboxylic acids is 1. The molecule has 0 fully saturated rings. The first kappa shape index (κ1) is 18.1. The zero-order valence-electron chi connectivity index (χ0n) is 15.2. The van der Waals surface area contributed by atoms with Crippen LogP contribution in [0.15, 0.2) is 53.9 Å². The SMILES string of the molecule is Cc1cccc(OCc2nc(CN(C)C(=O)c3ccccc3)cs2)c1C. The van der Waals surface area contributed by atoms with Crippen molar-refractivity contribution in [2.75, 3.05) is 7.05 Å². The Bertz CT molecular complexity index is 890. The van der Waals surface area contributed by atoms with Crippen molar-refractivity contribution in [1.29, 1.82) is 0 Å². The first-order valence-electron chi connectivity index (χ1n) is 8.47. The Morgan fingerprint density at radius 2 is 1.88 bits per heavy atom. The van der Waals surface area contributed by atoms with E-state index in [2.05, 4.69) is 24.9 Å². The maximum absolute atomic E-state index is 12.4. The highest BCUT2D eigenvalue weighted by Gasteiger charge is 2.13. The molecule has 134 valence electrons. The number of benzene rings is 2. The molecule has 1 aromatic heterocycles. The van der Waals surface area contributed by atoms with Crippen molar-refractivity contribution in [3.05, 3.63) is 81.3 Å². The minimum Gasteiger partial charge on any atom is -0.486 e. The molecule has 0 saturated carbocycles. The van der Waals surface area contributed by atoms with Crippen LogP contribution in [-0.2, 0) is 13.2 Å². The lowest BCUT2D eigenvalue weighted by molar-refractivity contribution is 0.0783. The van der Waals surface area contributed by atoms with Gasteiger partial charge < -0.3 is 9.64 Å². The number of nitrogens with zero attached hydrogens (tertiary/aromatic N) is 2. The molecule has 3 aromatic rings. The van der Waals surface area contributed by atoms with Crippen molar-refractivity contribution in [2.24, 2.45) is 0 Å². The molecule has 0 atom stereocenters. The Morgan fingerprint density at radius 1 is 1.12 bits per heavy atom. The van der Waals surface area contributed by atoms with Crippen molar-refractivity contribution < 1.29 is 9.53 Å². The van der Waals surface area contributed by atoms with E-state index in [1.165, 1.54) is 5.56 Å². The average molecular weight is 366 g/mol. The normalized spacial score (nSPS) is 10.6. The summed E-state index contributed by atoms with van der Waals surface area (Å²) >= 11 is 1.55. The van der Waals surface area contributed by atoms with Crippen molar-refractivity contribution in [2.45, 2.75) is 27.0 Å². The van der Waals surface area contributed by atoms with E-state index in [1.807, 2.05) is 47.8 Å². The topological polar surface area (TPSA) is 42.4 Å². The van der Waals surface area contributed by atoms with E-state index >= 15 is 0 Å². The predicted octanol–water partition coefficient (Wildman–Crippen LogP) is 4.61. The Morgan fingerprint density at radius 3 is 2.65 bits per heavy atom. The summed E-state index contributed by atoms with van der Waals surface area (Å²) in [5.41, 5.74) is 3.92. The molecule has 5 heteroatoms. The maximum Gasteiger partial charge on any atom is 0.253 e. The average Bonchev–Trinajstić information content (AvgIpc) is 3.10. The molecule has 1 amide bonds. The second kappa shape index (κ2) is 8.15. The molecular formula is C21H22N2O2S. The third-order valence-corrected chi connectivity index (χ3v) is 5.14. The van der Waals surface area contributed by atoms with Crippen LogP contribution in [0.4, 0.5) is 0 Å². The fraction of sp³-hybridized carbons (Fsp3) is 0.238. The Balaban J connectivity index is 1.59. The molecule has 0 aliphatic rings. The van der Waals surface area contributed by atoms with E-state index in [-0.39, 0.29) is 5.91 Å². The molecule has 0 bridgehead atoms. The molecule has 2 aromatic carbocycles. The van der Waals surface area contributed by atoms with E-state index in [1.54, 1.807) is 23.3 Å². The zero-order valence-corrected chi connectivity index (χ0v) is 16.0. The zero-order chi connectivity index (χ0) is 18.5. The highest BCUT2D eigenvalue weighted by atomic mass is 32.1. The molecule has 0 radical (unpaired) electrons. The summed E-state index contributed by atoms with van der Waals surface area (Å²) in [6.07, 6.45) is 0. The van der Waals surface area contributed by atoms with Crippen molar-refractivity contribution in [3.8, 4) is 5.75 Å². The van der Waals surface area contributed by atoms with Gasteiger partial charge in [-0.25, -0.2) is 4.98 Å². The number of amides is 1. The van der Waals surface area contributed by atoms with Crippen LogP contribution in [-0.4, -0.2) is 22.8 Å². The van der Waals surface area contributed by atoms with Crippen LogP contribution in [0.2, 0.25) is 0 Å². The standard InChI is InChI=1S/C21H22N2O2S/c1-15-8-7-11-19(16(15)2)25-13-20-22-18(14-26-20)12-23(3)21(24)17-9-5-4-6-10-17/h4-11,14H,12-13H2,1-3H3. The highest BCUT2D eigenvalue weighted by Crippen LogP contribution is 2.22. The van der Waals surface area contributed by atoms with Crippen LogP contribution < -0.4 is 4.74 Å². The first-order chi connectivity index (χ1) is 12.5. The summed E-state index contributed by atoms with van der Waals surface area (Å²) in [6.45, 7) is 5.05. The summed E-state index contributed by atoms with van der Waals surface area (Å²) in [4.78, 5) is 18.7. The van der Waals surface area contributed by atoms with Crippen molar-refractivity contribution in [1.82, 2.24) is 9.88 Å². The number of carbonyl (C=O) groups is 1. The molecule has 0 spiro atoms. The minimum absolute atomic E-state index is 0.00761. The Labute approximate surface area is 158 Å². The summed E-state index contributed by atoms with van der Waals surface area (Å²) in [5.74, 6) is 0.880. The summed E-state index contributed by atoms with van der Waals surface area (Å²) < 4.78 is 5.91. The van der Waals surface area contributed by atoms with Gasteiger partial charge in [0.15, 0.2) is 0 Å². The lowest BCUT2D eigenvalue weighted by Gasteiger charge is -2.15. The van der Waals surface area contributed by atoms with Gasteiger partial charge in [0.25, 0.3) is 5.91 Å². The molecule has 0 aliphatic carbocycles. The van der Waals surface area contributed by atoms with Crippen LogP contribution in [0.1, 0.15) is 32.2 Å². The lowest BCUT2D eigenvalue weighted by Crippen LogP contribution is -2.26. The number of hydrogen-bond donors (Lipinski definition) is 0. The van der Waals surface area contributed by atoms with Gasteiger partial charge >= 0.3 is 0 Å². The van der Waals surface area contributed by atoms with Gasteiger partial charge in [0.2, 0.25) is 0 Å². The number of hydrogen-bond acceptors (Lipinski definition) is 4. The number of rotatable bonds is 6. The van der Waals surface area contributed by atoms with Crippen LogP contribution >= 0.6 is 11.3 Å². The molecule has 1 heterocycles. The molecule has 3 rings (SSSR count). The van der Waals surface area contributed by atoms with Crippen LogP contribution in [0.3, 0.4) is 0 Å². The third kappa shape index (κ3) is 4.29. The quantitative estimate of drug-likeness (QED) is 0.640. The van der Waals surface area contributed by atoms with E-state index in [9.17, 15) is 4.79 Å². The predicted molar refractivity (Wildman–Crippen MR) is 105 cm³/mol. The third-order valence-electron chi connectivity index (χ3n) is 4.27. The summed E-state index contributed by atoms with van der Waals surface area (Å²) in [7, 11) is 1.79. The first-order valence-corrected chi connectivity index (χ1v) is 9.35. The largest absolute Gasteiger partial charge is 0.486 e. The number of thiazole rings is 1. The van der Waals surface area contributed by atoms with Gasteiger partial charge in [0, 0.05) is 18.0 Å². The molecule has 4 nitrogen and oxygen atoms in total. The van der Waals surface area contributed by atoms with Gasteiger partial charge in [-0.2, -0.15) is 0 Å². The van der Waals surface area contributed by atoms with E-state index in [0.717, 1.165) is 22.0 Å². The molecule has 0 aliphatic heterocycles. The Kier molecular flexibility index (Phi) is 5.68. The molecular weight excluding hydrogens is 344 g/mol. The minimum atomic E-state index is -0.00761. The van der Waals surface area contributed by atoms with Crippen LogP contribution in [0.5, 0.6) is 5.75 Å². The fourth-order valence-electron chi connectivity index (χ4n) is 2.62. The van der Waals surface area contributed by atoms with Gasteiger partial charge in [-0.15, -0.1) is 11.3 Å². The molecule has 0 N–H and O–H groups in total. The summed E-state index contributed by atoms with van der Waals surface area (Å²) in [5, 5.41) is 2.89. The van der Waals surface area contributed by atoms with Gasteiger partial charge in [0.1, 0.15) is 17.4 Å². The van der Waals surface area contributed by atoms with Crippen LogP contribution in [0, 0.1) is 13.8 Å². The monoisotopic (exact) mass is 366 g/mol. The highest BCUT2D eigenvalue weighted by molar-refractivity contribution is 7.09. The second-order valence-corrected chi connectivity index (χ2v) is 7.19. The van der Waals surface area contributed by atoms with E-state index in [4.69, 9.17) is 4.74 Å². The smallest absolute Gasteiger partial charge is 0.253 e. The van der Waals surface area contributed by atoms with Gasteiger partial charge in [0.05, 0.1) is 12.2 Å². The van der Waals surface area contributed by atoms with E-state index in [0.29, 0.717) is 18.7 Å². The lowest BCUT2D eigenvalue weighted by atomic mass is 10.1. The molecule has 26 heavy (non-hydrogen) atoms. The van der Waals surface area contributed by atoms with Crippen LogP contribution in [0.25, 0.3) is 0 Å². The molecule has 0 unspecified atom stereocenters.